The van der Waals surface area contributed by atoms with Crippen molar-refractivity contribution < 1.29 is 17.9 Å². The minimum absolute atomic E-state index is 0.121. The van der Waals surface area contributed by atoms with Gasteiger partial charge in [-0.15, -0.1) is 0 Å². The maximum absolute atomic E-state index is 14.6. The van der Waals surface area contributed by atoms with Crippen molar-refractivity contribution in [2.24, 2.45) is 11.8 Å². The number of benzene rings is 1. The van der Waals surface area contributed by atoms with E-state index in [2.05, 4.69) is 4.98 Å². The summed E-state index contributed by atoms with van der Waals surface area (Å²) in [5, 5.41) is 0. The topological polar surface area (TPSA) is 22.1 Å². The van der Waals surface area contributed by atoms with Crippen molar-refractivity contribution in [2.75, 3.05) is 0 Å². The molecule has 2 aliphatic rings. The summed E-state index contributed by atoms with van der Waals surface area (Å²) >= 11 is 0. The molecule has 114 valence electrons. The van der Waals surface area contributed by atoms with Crippen LogP contribution in [0.5, 0.6) is 5.75 Å². The van der Waals surface area contributed by atoms with Crippen molar-refractivity contribution in [3.63, 3.8) is 0 Å². The summed E-state index contributed by atoms with van der Waals surface area (Å²) in [6.45, 7) is 0. The van der Waals surface area contributed by atoms with Crippen molar-refractivity contribution in [1.29, 1.82) is 0 Å². The molecule has 1 aromatic carbocycles. The molecule has 2 nitrogen and oxygen atoms in total. The Labute approximate surface area is 125 Å². The van der Waals surface area contributed by atoms with Gasteiger partial charge in [0.05, 0.1) is 6.10 Å². The van der Waals surface area contributed by atoms with Crippen LogP contribution in [-0.4, -0.2) is 17.0 Å². The monoisotopic (exact) mass is 305 g/mol. The standard InChI is InChI=1S/C17H14F3NO/c18-16-12(10-3-2-6-21-9-10)4-1-5-15(16)22-11-7-13-14(8-11)17(13,19)20/h1-6,9,11,13-14H,7-8H2. The summed E-state index contributed by atoms with van der Waals surface area (Å²) in [7, 11) is 0. The number of alkyl halides is 2. The van der Waals surface area contributed by atoms with E-state index in [1.165, 1.54) is 6.07 Å². The Kier molecular flexibility index (Phi) is 2.93. The third-order valence-electron chi connectivity index (χ3n) is 4.63. The van der Waals surface area contributed by atoms with Crippen molar-refractivity contribution in [3.8, 4) is 16.9 Å². The Morgan fingerprint density at radius 2 is 1.86 bits per heavy atom. The van der Waals surface area contributed by atoms with E-state index in [0.29, 0.717) is 24.0 Å². The zero-order valence-corrected chi connectivity index (χ0v) is 11.7. The Bertz CT molecular complexity index is 690. The maximum atomic E-state index is 14.6. The van der Waals surface area contributed by atoms with Gasteiger partial charge in [-0.05, 0) is 25.0 Å². The van der Waals surface area contributed by atoms with Crippen LogP contribution in [-0.2, 0) is 0 Å². The lowest BCUT2D eigenvalue weighted by atomic mass is 10.1. The summed E-state index contributed by atoms with van der Waals surface area (Å²) in [5.74, 6) is -4.04. The molecule has 2 aliphatic carbocycles. The van der Waals surface area contributed by atoms with Crippen LogP contribution in [0.25, 0.3) is 11.1 Å². The van der Waals surface area contributed by atoms with Gasteiger partial charge in [-0.25, -0.2) is 13.2 Å². The van der Waals surface area contributed by atoms with E-state index in [-0.39, 0.29) is 11.9 Å². The molecule has 0 radical (unpaired) electrons. The third-order valence-corrected chi connectivity index (χ3v) is 4.63. The molecule has 0 saturated heterocycles. The number of nitrogens with zero attached hydrogens (tertiary/aromatic N) is 1. The fourth-order valence-corrected chi connectivity index (χ4v) is 3.39. The molecule has 0 spiro atoms. The van der Waals surface area contributed by atoms with Crippen LogP contribution < -0.4 is 4.74 Å². The molecule has 0 bridgehead atoms. The average molecular weight is 305 g/mol. The first-order chi connectivity index (χ1) is 10.6. The van der Waals surface area contributed by atoms with Crippen LogP contribution >= 0.6 is 0 Å². The van der Waals surface area contributed by atoms with E-state index in [9.17, 15) is 13.2 Å². The van der Waals surface area contributed by atoms with Crippen molar-refractivity contribution in [1.82, 2.24) is 4.98 Å². The molecular formula is C17H14F3NO. The Morgan fingerprint density at radius 1 is 1.09 bits per heavy atom. The third kappa shape index (κ3) is 2.07. The second-order valence-corrected chi connectivity index (χ2v) is 5.96. The molecule has 2 atom stereocenters. The normalized spacial score (nSPS) is 28.2. The van der Waals surface area contributed by atoms with Crippen molar-refractivity contribution >= 4 is 0 Å². The van der Waals surface area contributed by atoms with E-state index in [1.807, 2.05) is 0 Å². The molecule has 22 heavy (non-hydrogen) atoms. The zero-order valence-electron chi connectivity index (χ0n) is 11.7. The Hall–Kier alpha value is -2.04. The number of fused-ring (bicyclic) bond motifs is 1. The van der Waals surface area contributed by atoms with Gasteiger partial charge in [-0.3, -0.25) is 4.98 Å². The van der Waals surface area contributed by atoms with Crippen LogP contribution in [0.4, 0.5) is 13.2 Å². The maximum Gasteiger partial charge on any atom is 0.254 e. The molecule has 1 heterocycles. The predicted octanol–water partition coefficient (Wildman–Crippen LogP) is 4.31. The van der Waals surface area contributed by atoms with E-state index >= 15 is 0 Å². The van der Waals surface area contributed by atoms with Gasteiger partial charge in [0.25, 0.3) is 5.92 Å². The van der Waals surface area contributed by atoms with Gasteiger partial charge in [0, 0.05) is 35.4 Å². The molecule has 1 aromatic heterocycles. The molecule has 0 amide bonds. The molecule has 2 unspecified atom stereocenters. The largest absolute Gasteiger partial charge is 0.487 e. The fraction of sp³-hybridized carbons (Fsp3) is 0.353. The summed E-state index contributed by atoms with van der Waals surface area (Å²) < 4.78 is 46.6. The highest BCUT2D eigenvalue weighted by Gasteiger charge is 2.72. The molecule has 2 saturated carbocycles. The Morgan fingerprint density at radius 3 is 2.55 bits per heavy atom. The van der Waals surface area contributed by atoms with Crippen molar-refractivity contribution in [3.05, 3.63) is 48.5 Å². The first-order valence-electron chi connectivity index (χ1n) is 7.30. The lowest BCUT2D eigenvalue weighted by molar-refractivity contribution is 0.0461. The van der Waals surface area contributed by atoms with Gasteiger partial charge in [-0.1, -0.05) is 18.2 Å². The lowest BCUT2D eigenvalue weighted by Gasteiger charge is -2.18. The van der Waals surface area contributed by atoms with Crippen LogP contribution in [0, 0.1) is 17.7 Å². The quantitative estimate of drug-likeness (QED) is 0.843. The first-order valence-corrected chi connectivity index (χ1v) is 7.30. The molecular weight excluding hydrogens is 291 g/mol. The summed E-state index contributed by atoms with van der Waals surface area (Å²) in [6.07, 6.45) is 3.47. The van der Waals surface area contributed by atoms with Gasteiger partial charge < -0.3 is 4.74 Å². The van der Waals surface area contributed by atoms with E-state index in [0.717, 1.165) is 0 Å². The number of aromatic nitrogens is 1. The molecule has 5 heteroatoms. The smallest absolute Gasteiger partial charge is 0.254 e. The lowest BCUT2D eigenvalue weighted by Crippen LogP contribution is -2.19. The van der Waals surface area contributed by atoms with E-state index in [1.54, 1.807) is 36.7 Å². The van der Waals surface area contributed by atoms with Gasteiger partial charge in [-0.2, -0.15) is 0 Å². The predicted molar refractivity (Wildman–Crippen MR) is 75.2 cm³/mol. The van der Waals surface area contributed by atoms with Gasteiger partial charge in [0.15, 0.2) is 11.6 Å². The first kappa shape index (κ1) is 13.6. The average Bonchev–Trinajstić information content (AvgIpc) is 2.89. The molecule has 2 aromatic rings. The number of hydrogen-bond donors (Lipinski definition) is 0. The number of hydrogen-bond acceptors (Lipinski definition) is 2. The minimum atomic E-state index is -2.53. The fourth-order valence-electron chi connectivity index (χ4n) is 3.39. The number of ether oxygens (including phenoxy) is 1. The second-order valence-electron chi connectivity index (χ2n) is 5.96. The van der Waals surface area contributed by atoms with Crippen LogP contribution in [0.3, 0.4) is 0 Å². The van der Waals surface area contributed by atoms with Crippen molar-refractivity contribution in [2.45, 2.75) is 24.9 Å². The second kappa shape index (κ2) is 4.73. The summed E-state index contributed by atoms with van der Waals surface area (Å²) in [6, 6.07) is 8.39. The van der Waals surface area contributed by atoms with Crippen LogP contribution in [0.2, 0.25) is 0 Å². The highest BCUT2D eigenvalue weighted by atomic mass is 19.3. The van der Waals surface area contributed by atoms with Gasteiger partial charge >= 0.3 is 0 Å². The molecule has 4 rings (SSSR count). The van der Waals surface area contributed by atoms with Crippen LogP contribution in [0.1, 0.15) is 12.8 Å². The highest BCUT2D eigenvalue weighted by Crippen LogP contribution is 2.64. The van der Waals surface area contributed by atoms with Gasteiger partial charge in [0.1, 0.15) is 0 Å². The number of halogens is 3. The molecule has 0 N–H and O–H groups in total. The SMILES string of the molecule is Fc1c(OC2CC3C(C2)C3(F)F)cccc1-c1cccnc1. The number of rotatable bonds is 3. The van der Waals surface area contributed by atoms with E-state index < -0.39 is 23.6 Å². The number of pyridine rings is 1. The summed E-state index contributed by atoms with van der Waals surface area (Å²) in [5.41, 5.74) is 1.06. The summed E-state index contributed by atoms with van der Waals surface area (Å²) in [4.78, 5) is 3.98. The molecule has 2 fully saturated rings. The van der Waals surface area contributed by atoms with Crippen LogP contribution in [0.15, 0.2) is 42.7 Å². The zero-order chi connectivity index (χ0) is 15.3. The Balaban J connectivity index is 1.54. The minimum Gasteiger partial charge on any atom is -0.487 e. The highest BCUT2D eigenvalue weighted by molar-refractivity contribution is 5.65. The molecule has 0 aliphatic heterocycles. The van der Waals surface area contributed by atoms with Gasteiger partial charge in [0.2, 0.25) is 0 Å². The van der Waals surface area contributed by atoms with E-state index in [4.69, 9.17) is 4.74 Å².